The highest BCUT2D eigenvalue weighted by atomic mass is 16.2. The van der Waals surface area contributed by atoms with Gasteiger partial charge in [-0.2, -0.15) is 0 Å². The van der Waals surface area contributed by atoms with Gasteiger partial charge in [0, 0.05) is 47.3 Å². The predicted molar refractivity (Wildman–Crippen MR) is 108 cm³/mol. The van der Waals surface area contributed by atoms with Crippen LogP contribution in [-0.2, 0) is 0 Å². The maximum Gasteiger partial charge on any atom is 0.256 e. The lowest BCUT2D eigenvalue weighted by Crippen LogP contribution is -2.15. The van der Waals surface area contributed by atoms with Crippen molar-refractivity contribution < 1.29 is 9.59 Å². The van der Waals surface area contributed by atoms with E-state index in [0.717, 1.165) is 0 Å². The van der Waals surface area contributed by atoms with Gasteiger partial charge < -0.3 is 10.6 Å². The van der Waals surface area contributed by atoms with Gasteiger partial charge in [0.2, 0.25) is 0 Å². The standard InChI is InChI=1S/C22H16N4O2/c27-21(25-15-7-11-23-12-8-15)19-5-6-20(18-4-2-1-3-17(18)19)22(28)26-16-9-13-24-14-10-16/h1-14H,(H,23,25,27)(H,24,26,28). The molecule has 6 nitrogen and oxygen atoms in total. The molecule has 0 saturated carbocycles. The van der Waals surface area contributed by atoms with Crippen molar-refractivity contribution in [3.05, 3.63) is 96.6 Å². The second kappa shape index (κ2) is 7.67. The second-order valence-electron chi connectivity index (χ2n) is 6.09. The number of amides is 2. The molecule has 2 heterocycles. The van der Waals surface area contributed by atoms with E-state index in [9.17, 15) is 9.59 Å². The van der Waals surface area contributed by atoms with Crippen molar-refractivity contribution in [2.75, 3.05) is 10.6 Å². The van der Waals surface area contributed by atoms with E-state index in [1.54, 1.807) is 61.2 Å². The molecule has 0 saturated heterocycles. The Kier molecular flexibility index (Phi) is 4.76. The van der Waals surface area contributed by atoms with Gasteiger partial charge in [-0.25, -0.2) is 0 Å². The fourth-order valence-electron chi connectivity index (χ4n) is 2.96. The van der Waals surface area contributed by atoms with Crippen LogP contribution in [0.5, 0.6) is 0 Å². The van der Waals surface area contributed by atoms with Crippen molar-refractivity contribution in [3.8, 4) is 0 Å². The number of nitrogens with zero attached hydrogens (tertiary/aromatic N) is 2. The van der Waals surface area contributed by atoms with Crippen LogP contribution in [0.1, 0.15) is 20.7 Å². The van der Waals surface area contributed by atoms with Gasteiger partial charge in [0.05, 0.1) is 0 Å². The van der Waals surface area contributed by atoms with Crippen LogP contribution >= 0.6 is 0 Å². The van der Waals surface area contributed by atoms with Crippen molar-refractivity contribution in [1.82, 2.24) is 9.97 Å². The Morgan fingerprint density at radius 1 is 0.571 bits per heavy atom. The zero-order valence-electron chi connectivity index (χ0n) is 14.8. The zero-order chi connectivity index (χ0) is 19.3. The van der Waals surface area contributed by atoms with Crippen LogP contribution < -0.4 is 10.6 Å². The monoisotopic (exact) mass is 368 g/mol. The Morgan fingerprint density at radius 3 is 1.36 bits per heavy atom. The van der Waals surface area contributed by atoms with Crippen LogP contribution in [0, 0.1) is 0 Å². The highest BCUT2D eigenvalue weighted by Crippen LogP contribution is 2.25. The third kappa shape index (κ3) is 3.57. The van der Waals surface area contributed by atoms with Crippen molar-refractivity contribution >= 4 is 34.0 Å². The van der Waals surface area contributed by atoms with E-state index in [4.69, 9.17) is 0 Å². The van der Waals surface area contributed by atoms with E-state index in [-0.39, 0.29) is 11.8 Å². The van der Waals surface area contributed by atoms with E-state index in [1.807, 2.05) is 24.3 Å². The summed E-state index contributed by atoms with van der Waals surface area (Å²) in [6.07, 6.45) is 6.45. The summed E-state index contributed by atoms with van der Waals surface area (Å²) < 4.78 is 0. The fraction of sp³-hybridized carbons (Fsp3) is 0. The largest absolute Gasteiger partial charge is 0.322 e. The lowest BCUT2D eigenvalue weighted by molar-refractivity contribution is 0.101. The Hall–Kier alpha value is -4.06. The Morgan fingerprint density at radius 2 is 0.964 bits per heavy atom. The topological polar surface area (TPSA) is 84.0 Å². The Bertz CT molecular complexity index is 1050. The molecule has 0 aliphatic rings. The van der Waals surface area contributed by atoms with Crippen LogP contribution in [0.4, 0.5) is 11.4 Å². The lowest BCUT2D eigenvalue weighted by Gasteiger charge is -2.12. The van der Waals surface area contributed by atoms with Gasteiger partial charge in [0.15, 0.2) is 0 Å². The van der Waals surface area contributed by atoms with Gasteiger partial charge in [0.25, 0.3) is 11.8 Å². The SMILES string of the molecule is O=C(Nc1ccncc1)c1ccc(C(=O)Nc2ccncc2)c2ccccc12. The average Bonchev–Trinajstić information content (AvgIpc) is 2.74. The highest BCUT2D eigenvalue weighted by Gasteiger charge is 2.16. The van der Waals surface area contributed by atoms with E-state index >= 15 is 0 Å². The van der Waals surface area contributed by atoms with Gasteiger partial charge in [-0.15, -0.1) is 0 Å². The summed E-state index contributed by atoms with van der Waals surface area (Å²) in [5.74, 6) is -0.494. The zero-order valence-corrected chi connectivity index (χ0v) is 14.8. The van der Waals surface area contributed by atoms with Crippen molar-refractivity contribution in [1.29, 1.82) is 0 Å². The molecule has 28 heavy (non-hydrogen) atoms. The summed E-state index contributed by atoms with van der Waals surface area (Å²) >= 11 is 0. The number of nitrogens with one attached hydrogen (secondary N) is 2. The van der Waals surface area contributed by atoms with Crippen LogP contribution in [0.15, 0.2) is 85.5 Å². The number of benzene rings is 2. The Labute approximate surface area is 161 Å². The molecule has 6 heteroatoms. The van der Waals surface area contributed by atoms with Gasteiger partial charge in [-0.1, -0.05) is 24.3 Å². The lowest BCUT2D eigenvalue weighted by atomic mass is 9.98. The molecule has 0 fully saturated rings. The molecule has 0 atom stereocenters. The van der Waals surface area contributed by atoms with E-state index in [1.165, 1.54) is 0 Å². The first-order chi connectivity index (χ1) is 13.7. The smallest absolute Gasteiger partial charge is 0.256 e. The number of fused-ring (bicyclic) bond motifs is 1. The van der Waals surface area contributed by atoms with Crippen LogP contribution in [0.2, 0.25) is 0 Å². The molecule has 0 spiro atoms. The Balaban J connectivity index is 1.69. The molecule has 2 N–H and O–H groups in total. The van der Waals surface area contributed by atoms with Gasteiger partial charge in [0.1, 0.15) is 0 Å². The molecule has 2 aromatic carbocycles. The van der Waals surface area contributed by atoms with Gasteiger partial charge in [-0.3, -0.25) is 19.6 Å². The molecule has 4 aromatic rings. The maximum atomic E-state index is 12.8. The number of anilines is 2. The molecule has 0 unspecified atom stereocenters. The molecule has 136 valence electrons. The summed E-state index contributed by atoms with van der Waals surface area (Å²) in [6, 6.07) is 17.6. The fourth-order valence-corrected chi connectivity index (χ4v) is 2.96. The number of pyridine rings is 2. The normalized spacial score (nSPS) is 10.4. The van der Waals surface area contributed by atoms with E-state index in [0.29, 0.717) is 33.3 Å². The van der Waals surface area contributed by atoms with Crippen LogP contribution in [0.25, 0.3) is 10.8 Å². The quantitative estimate of drug-likeness (QED) is 0.567. The molecule has 0 aliphatic heterocycles. The molecule has 0 aliphatic carbocycles. The highest BCUT2D eigenvalue weighted by molar-refractivity contribution is 6.19. The average molecular weight is 368 g/mol. The second-order valence-corrected chi connectivity index (χ2v) is 6.09. The number of rotatable bonds is 4. The number of hydrogen-bond acceptors (Lipinski definition) is 4. The number of hydrogen-bond donors (Lipinski definition) is 2. The summed E-state index contributed by atoms with van der Waals surface area (Å²) in [5, 5.41) is 7.11. The van der Waals surface area contributed by atoms with Crippen LogP contribution in [0.3, 0.4) is 0 Å². The number of carbonyl (C=O) groups excluding carboxylic acids is 2. The van der Waals surface area contributed by atoms with Gasteiger partial charge in [-0.05, 0) is 47.2 Å². The number of aromatic nitrogens is 2. The summed E-state index contributed by atoms with van der Waals surface area (Å²) in [5.41, 5.74) is 2.30. The minimum atomic E-state index is -0.247. The molecular weight excluding hydrogens is 352 g/mol. The number of carbonyl (C=O) groups is 2. The first kappa shape index (κ1) is 17.4. The summed E-state index contributed by atoms with van der Waals surface area (Å²) in [4.78, 5) is 33.4. The molecule has 4 rings (SSSR count). The molecular formula is C22H16N4O2. The minimum Gasteiger partial charge on any atom is -0.322 e. The van der Waals surface area contributed by atoms with Crippen molar-refractivity contribution in [3.63, 3.8) is 0 Å². The molecule has 2 amide bonds. The third-order valence-electron chi connectivity index (χ3n) is 4.29. The first-order valence-corrected chi connectivity index (χ1v) is 8.67. The third-order valence-corrected chi connectivity index (χ3v) is 4.29. The first-order valence-electron chi connectivity index (χ1n) is 8.67. The molecule has 0 radical (unpaired) electrons. The van der Waals surface area contributed by atoms with Crippen LogP contribution in [-0.4, -0.2) is 21.8 Å². The summed E-state index contributed by atoms with van der Waals surface area (Å²) in [6.45, 7) is 0. The van der Waals surface area contributed by atoms with Gasteiger partial charge >= 0.3 is 0 Å². The van der Waals surface area contributed by atoms with Crippen molar-refractivity contribution in [2.24, 2.45) is 0 Å². The minimum absolute atomic E-state index is 0.247. The van der Waals surface area contributed by atoms with Crippen molar-refractivity contribution in [2.45, 2.75) is 0 Å². The maximum absolute atomic E-state index is 12.8. The molecule has 2 aromatic heterocycles. The predicted octanol–water partition coefficient (Wildman–Crippen LogP) is 4.13. The van der Waals surface area contributed by atoms with E-state index < -0.39 is 0 Å². The summed E-state index contributed by atoms with van der Waals surface area (Å²) in [7, 11) is 0. The van der Waals surface area contributed by atoms with E-state index in [2.05, 4.69) is 20.6 Å². The molecule has 0 bridgehead atoms.